The van der Waals surface area contributed by atoms with Crippen molar-refractivity contribution < 1.29 is 9.59 Å². The van der Waals surface area contributed by atoms with Crippen LogP contribution in [-0.2, 0) is 11.3 Å². The number of amides is 2. The van der Waals surface area contributed by atoms with Crippen molar-refractivity contribution >= 4 is 34.8 Å². The van der Waals surface area contributed by atoms with Gasteiger partial charge in [0.15, 0.2) is 0 Å². The van der Waals surface area contributed by atoms with E-state index in [2.05, 4.69) is 9.88 Å². The van der Waals surface area contributed by atoms with Gasteiger partial charge in [0.25, 0.3) is 5.91 Å². The third-order valence-corrected chi connectivity index (χ3v) is 6.17. The molecule has 2 rings (SSSR count). The van der Waals surface area contributed by atoms with E-state index in [1.807, 2.05) is 25.7 Å². The number of piperazine rings is 1. The molecule has 1 aromatic heterocycles. The standard InChI is InChI=1S/C17H27ClN4O2S/c1-12-14(15(23)20(4)5)25-13(19-12)10-21-6-8-22(9-7-21)16(24)17(2,3)11-18/h6-11H2,1-5H3. The molecule has 1 aromatic rings. The van der Waals surface area contributed by atoms with E-state index in [0.29, 0.717) is 30.4 Å². The highest BCUT2D eigenvalue weighted by atomic mass is 35.5. The summed E-state index contributed by atoms with van der Waals surface area (Å²) in [4.78, 5) is 35.6. The molecule has 0 aromatic carbocycles. The summed E-state index contributed by atoms with van der Waals surface area (Å²) in [6, 6.07) is 0. The van der Waals surface area contributed by atoms with Crippen LogP contribution in [0.25, 0.3) is 0 Å². The number of carbonyl (C=O) groups is 2. The van der Waals surface area contributed by atoms with Crippen molar-refractivity contribution in [3.05, 3.63) is 15.6 Å². The molecule has 2 amide bonds. The van der Waals surface area contributed by atoms with Crippen LogP contribution in [0.3, 0.4) is 0 Å². The van der Waals surface area contributed by atoms with Crippen LogP contribution >= 0.6 is 22.9 Å². The van der Waals surface area contributed by atoms with Crippen molar-refractivity contribution in [1.82, 2.24) is 19.7 Å². The van der Waals surface area contributed by atoms with Crippen molar-refractivity contribution in [2.45, 2.75) is 27.3 Å². The van der Waals surface area contributed by atoms with Gasteiger partial charge in [0.1, 0.15) is 9.88 Å². The Kier molecular flexibility index (Phi) is 6.45. The third kappa shape index (κ3) is 4.71. The molecule has 1 fully saturated rings. The lowest BCUT2D eigenvalue weighted by Gasteiger charge is -2.37. The van der Waals surface area contributed by atoms with E-state index in [0.717, 1.165) is 23.8 Å². The molecule has 1 aliphatic rings. The number of hydrogen-bond acceptors (Lipinski definition) is 5. The van der Waals surface area contributed by atoms with Crippen LogP contribution in [0.15, 0.2) is 0 Å². The smallest absolute Gasteiger partial charge is 0.265 e. The molecule has 140 valence electrons. The normalized spacial score (nSPS) is 16.2. The van der Waals surface area contributed by atoms with Crippen LogP contribution in [0.5, 0.6) is 0 Å². The van der Waals surface area contributed by atoms with Crippen LogP contribution < -0.4 is 0 Å². The van der Waals surface area contributed by atoms with Gasteiger partial charge in [-0.3, -0.25) is 14.5 Å². The van der Waals surface area contributed by atoms with Gasteiger partial charge in [-0.15, -0.1) is 22.9 Å². The van der Waals surface area contributed by atoms with Gasteiger partial charge >= 0.3 is 0 Å². The molecular formula is C17H27ClN4O2S. The zero-order chi connectivity index (χ0) is 18.8. The minimum absolute atomic E-state index is 0.0000260. The minimum Gasteiger partial charge on any atom is -0.344 e. The van der Waals surface area contributed by atoms with E-state index in [1.165, 1.54) is 11.3 Å². The second kappa shape index (κ2) is 8.01. The zero-order valence-electron chi connectivity index (χ0n) is 15.6. The second-order valence-electron chi connectivity index (χ2n) is 7.31. The first kappa shape index (κ1) is 20.1. The highest BCUT2D eigenvalue weighted by Crippen LogP contribution is 2.23. The Morgan fingerprint density at radius 3 is 2.36 bits per heavy atom. The molecule has 0 N–H and O–H groups in total. The maximum absolute atomic E-state index is 12.5. The Morgan fingerprint density at radius 1 is 1.24 bits per heavy atom. The molecule has 0 spiro atoms. The Morgan fingerprint density at radius 2 is 1.84 bits per heavy atom. The van der Waals surface area contributed by atoms with E-state index in [1.54, 1.807) is 19.0 Å². The van der Waals surface area contributed by atoms with Crippen molar-refractivity contribution in [3.8, 4) is 0 Å². The van der Waals surface area contributed by atoms with Crippen molar-refractivity contribution in [2.75, 3.05) is 46.2 Å². The number of carbonyl (C=O) groups excluding carboxylic acids is 2. The average molecular weight is 387 g/mol. The molecule has 8 heteroatoms. The van der Waals surface area contributed by atoms with Crippen LogP contribution in [0, 0.1) is 12.3 Å². The lowest BCUT2D eigenvalue weighted by Crippen LogP contribution is -2.52. The molecular weight excluding hydrogens is 360 g/mol. The Balaban J connectivity index is 1.94. The summed E-state index contributed by atoms with van der Waals surface area (Å²) in [5.41, 5.74) is 0.272. The van der Waals surface area contributed by atoms with Gasteiger partial charge in [-0.1, -0.05) is 0 Å². The summed E-state index contributed by atoms with van der Waals surface area (Å²) in [6.07, 6.45) is 0. The Labute approximate surface area is 158 Å². The monoisotopic (exact) mass is 386 g/mol. The molecule has 2 heterocycles. The number of thiazole rings is 1. The third-order valence-electron chi connectivity index (χ3n) is 4.37. The molecule has 0 atom stereocenters. The first-order valence-corrected chi connectivity index (χ1v) is 9.76. The molecule has 1 aliphatic heterocycles. The highest BCUT2D eigenvalue weighted by molar-refractivity contribution is 7.13. The molecule has 0 aliphatic carbocycles. The molecule has 6 nitrogen and oxygen atoms in total. The summed E-state index contributed by atoms with van der Waals surface area (Å²) in [7, 11) is 3.50. The number of rotatable bonds is 5. The van der Waals surface area contributed by atoms with Crippen molar-refractivity contribution in [3.63, 3.8) is 0 Å². The highest BCUT2D eigenvalue weighted by Gasteiger charge is 2.33. The van der Waals surface area contributed by atoms with Gasteiger partial charge in [0, 0.05) is 46.2 Å². The van der Waals surface area contributed by atoms with Crippen molar-refractivity contribution in [1.29, 1.82) is 0 Å². The van der Waals surface area contributed by atoms with E-state index in [-0.39, 0.29) is 11.8 Å². The van der Waals surface area contributed by atoms with Crippen LogP contribution in [0.2, 0.25) is 0 Å². The topological polar surface area (TPSA) is 56.8 Å². The van der Waals surface area contributed by atoms with Crippen molar-refractivity contribution in [2.24, 2.45) is 5.41 Å². The number of aromatic nitrogens is 1. The van der Waals surface area contributed by atoms with E-state index in [4.69, 9.17) is 11.6 Å². The number of alkyl halides is 1. The predicted molar refractivity (Wildman–Crippen MR) is 101 cm³/mol. The lowest BCUT2D eigenvalue weighted by molar-refractivity contribution is -0.141. The fourth-order valence-corrected chi connectivity index (χ4v) is 3.95. The summed E-state index contributed by atoms with van der Waals surface area (Å²) in [5, 5.41) is 0.948. The van der Waals surface area contributed by atoms with Gasteiger partial charge in [-0.25, -0.2) is 4.98 Å². The predicted octanol–water partition coefficient (Wildman–Crippen LogP) is 2.06. The Bertz CT molecular complexity index is 637. The Hall–Kier alpha value is -1.18. The summed E-state index contributed by atoms with van der Waals surface area (Å²) in [5.74, 6) is 0.443. The molecule has 0 bridgehead atoms. The maximum Gasteiger partial charge on any atom is 0.265 e. The van der Waals surface area contributed by atoms with E-state index >= 15 is 0 Å². The fraction of sp³-hybridized carbons (Fsp3) is 0.706. The van der Waals surface area contributed by atoms with Crippen LogP contribution in [0.4, 0.5) is 0 Å². The molecule has 25 heavy (non-hydrogen) atoms. The first-order valence-electron chi connectivity index (χ1n) is 8.41. The fourth-order valence-electron chi connectivity index (χ4n) is 2.71. The zero-order valence-corrected chi connectivity index (χ0v) is 17.2. The SMILES string of the molecule is Cc1nc(CN2CCN(C(=O)C(C)(C)CCl)CC2)sc1C(=O)N(C)C. The van der Waals surface area contributed by atoms with Crippen LogP contribution in [0.1, 0.15) is 34.2 Å². The largest absolute Gasteiger partial charge is 0.344 e. The second-order valence-corrected chi connectivity index (χ2v) is 8.66. The van der Waals surface area contributed by atoms with E-state index in [9.17, 15) is 9.59 Å². The van der Waals surface area contributed by atoms with Gasteiger partial charge in [-0.05, 0) is 20.8 Å². The quantitative estimate of drug-likeness (QED) is 0.727. The molecule has 1 saturated heterocycles. The summed E-state index contributed by atoms with van der Waals surface area (Å²) >= 11 is 7.37. The molecule has 0 radical (unpaired) electrons. The maximum atomic E-state index is 12.5. The van der Waals surface area contributed by atoms with E-state index < -0.39 is 5.41 Å². The van der Waals surface area contributed by atoms with Gasteiger partial charge in [0.2, 0.25) is 5.91 Å². The van der Waals surface area contributed by atoms with Crippen LogP contribution in [-0.4, -0.2) is 77.7 Å². The lowest BCUT2D eigenvalue weighted by atomic mass is 9.94. The van der Waals surface area contributed by atoms with Gasteiger partial charge < -0.3 is 9.80 Å². The molecule has 0 saturated carbocycles. The minimum atomic E-state index is -0.516. The number of aryl methyl sites for hydroxylation is 1. The number of hydrogen-bond donors (Lipinski definition) is 0. The number of halogens is 1. The summed E-state index contributed by atoms with van der Waals surface area (Å²) < 4.78 is 0. The number of nitrogens with zero attached hydrogens (tertiary/aromatic N) is 4. The summed E-state index contributed by atoms with van der Waals surface area (Å²) in [6.45, 7) is 9.38. The van der Waals surface area contributed by atoms with Gasteiger partial charge in [0.05, 0.1) is 17.7 Å². The molecule has 0 unspecified atom stereocenters. The average Bonchev–Trinajstić information content (AvgIpc) is 2.94. The first-order chi connectivity index (χ1) is 11.7. The van der Waals surface area contributed by atoms with Gasteiger partial charge in [-0.2, -0.15) is 0 Å².